The number of hydrogen-bond acceptors (Lipinski definition) is 5. The van der Waals surface area contributed by atoms with Gasteiger partial charge >= 0.3 is 6.09 Å². The summed E-state index contributed by atoms with van der Waals surface area (Å²) in [6, 6.07) is 6.55. The first kappa shape index (κ1) is 13.7. The number of aliphatic hydroxyl groups is 1. The number of nitrogens with one attached hydrogen (secondary N) is 1. The Morgan fingerprint density at radius 3 is 2.75 bits per heavy atom. The Hall–Kier alpha value is -2.70. The average Bonchev–Trinajstić information content (AvgIpc) is 2.64. The zero-order valence-corrected chi connectivity index (χ0v) is 10.8. The summed E-state index contributed by atoms with van der Waals surface area (Å²) in [7, 11) is 1.48. The van der Waals surface area contributed by atoms with E-state index >= 15 is 0 Å². The SMILES string of the molecule is COc1cccc(C2(C)OC(NC(=O)O)=C(O)C2=O)c1. The number of benzene rings is 1. The molecule has 0 saturated heterocycles. The van der Waals surface area contributed by atoms with Gasteiger partial charge in [-0.1, -0.05) is 12.1 Å². The molecule has 1 heterocycles. The third-order valence-corrected chi connectivity index (χ3v) is 3.01. The van der Waals surface area contributed by atoms with Gasteiger partial charge in [-0.05, 0) is 19.1 Å². The molecular weight excluding hydrogens is 266 g/mol. The highest BCUT2D eigenvalue weighted by molar-refractivity contribution is 6.03. The topological polar surface area (TPSA) is 105 Å². The molecule has 0 fully saturated rings. The molecule has 1 atom stereocenters. The second-order valence-corrected chi connectivity index (χ2v) is 4.30. The van der Waals surface area contributed by atoms with Crippen LogP contribution in [-0.2, 0) is 15.1 Å². The Morgan fingerprint density at radius 1 is 1.45 bits per heavy atom. The molecule has 0 aromatic heterocycles. The van der Waals surface area contributed by atoms with Crippen LogP contribution in [0.3, 0.4) is 0 Å². The molecule has 3 N–H and O–H groups in total. The summed E-state index contributed by atoms with van der Waals surface area (Å²) in [5.74, 6) is -1.45. The van der Waals surface area contributed by atoms with E-state index in [-0.39, 0.29) is 0 Å². The van der Waals surface area contributed by atoms with Crippen molar-refractivity contribution in [2.24, 2.45) is 0 Å². The summed E-state index contributed by atoms with van der Waals surface area (Å²) < 4.78 is 10.4. The van der Waals surface area contributed by atoms with Gasteiger partial charge < -0.3 is 19.7 Å². The zero-order chi connectivity index (χ0) is 14.9. The van der Waals surface area contributed by atoms with Crippen molar-refractivity contribution in [2.75, 3.05) is 7.11 Å². The molecule has 1 amide bonds. The second kappa shape index (κ2) is 4.76. The van der Waals surface area contributed by atoms with Crippen LogP contribution in [0.15, 0.2) is 35.9 Å². The van der Waals surface area contributed by atoms with Crippen LogP contribution in [0.4, 0.5) is 4.79 Å². The average molecular weight is 279 g/mol. The molecule has 1 aliphatic rings. The lowest BCUT2D eigenvalue weighted by atomic mass is 9.91. The van der Waals surface area contributed by atoms with E-state index in [1.807, 2.05) is 5.32 Å². The van der Waals surface area contributed by atoms with Gasteiger partial charge in [0, 0.05) is 5.56 Å². The summed E-state index contributed by atoms with van der Waals surface area (Å²) >= 11 is 0. The summed E-state index contributed by atoms with van der Waals surface area (Å²) in [5.41, 5.74) is -1.06. The van der Waals surface area contributed by atoms with Gasteiger partial charge in [-0.2, -0.15) is 0 Å². The molecule has 0 aliphatic carbocycles. The Kier molecular flexibility index (Phi) is 3.27. The van der Waals surface area contributed by atoms with Crippen LogP contribution in [0.1, 0.15) is 12.5 Å². The summed E-state index contributed by atoms with van der Waals surface area (Å²) in [5, 5.41) is 20.2. The standard InChI is InChI=1S/C13H13NO6/c1-13(7-4-3-5-8(6-7)19-2)10(16)9(15)11(20-13)14-12(17)18/h3-6,14-15H,1-2H3,(H,17,18). The third kappa shape index (κ3) is 2.13. The van der Waals surface area contributed by atoms with Crippen molar-refractivity contribution in [1.29, 1.82) is 0 Å². The van der Waals surface area contributed by atoms with E-state index in [1.165, 1.54) is 14.0 Å². The maximum atomic E-state index is 12.1. The van der Waals surface area contributed by atoms with Crippen molar-refractivity contribution in [3.8, 4) is 5.75 Å². The van der Waals surface area contributed by atoms with Crippen LogP contribution in [0.5, 0.6) is 5.75 Å². The number of Topliss-reactive ketones (excluding diaryl/α,β-unsaturated/α-hetero) is 1. The Morgan fingerprint density at radius 2 is 2.15 bits per heavy atom. The van der Waals surface area contributed by atoms with E-state index in [9.17, 15) is 14.7 Å². The molecule has 7 heteroatoms. The number of rotatable bonds is 3. The Bertz CT molecular complexity index is 609. The van der Waals surface area contributed by atoms with Crippen LogP contribution < -0.4 is 10.1 Å². The number of ketones is 1. The van der Waals surface area contributed by atoms with Gasteiger partial charge in [-0.3, -0.25) is 10.1 Å². The van der Waals surface area contributed by atoms with Crippen molar-refractivity contribution >= 4 is 11.9 Å². The van der Waals surface area contributed by atoms with Gasteiger partial charge in [0.15, 0.2) is 5.60 Å². The van der Waals surface area contributed by atoms with E-state index in [1.54, 1.807) is 24.3 Å². The van der Waals surface area contributed by atoms with Gasteiger partial charge in [-0.25, -0.2) is 4.79 Å². The molecule has 0 bridgehead atoms. The number of amides is 1. The van der Waals surface area contributed by atoms with Gasteiger partial charge in [-0.15, -0.1) is 0 Å². The zero-order valence-electron chi connectivity index (χ0n) is 10.8. The van der Waals surface area contributed by atoms with Crippen LogP contribution >= 0.6 is 0 Å². The van der Waals surface area contributed by atoms with E-state index < -0.39 is 29.1 Å². The lowest BCUT2D eigenvalue weighted by Crippen LogP contribution is -2.32. The number of aliphatic hydroxyl groups excluding tert-OH is 1. The number of ether oxygens (including phenoxy) is 2. The predicted octanol–water partition coefficient (Wildman–Crippen LogP) is 1.50. The molecule has 1 unspecified atom stereocenters. The van der Waals surface area contributed by atoms with Gasteiger partial charge in [0.05, 0.1) is 7.11 Å². The van der Waals surface area contributed by atoms with E-state index in [0.29, 0.717) is 11.3 Å². The number of carboxylic acid groups (broad SMARTS) is 1. The van der Waals surface area contributed by atoms with Gasteiger partial charge in [0.2, 0.25) is 11.6 Å². The number of methoxy groups -OCH3 is 1. The first-order valence-electron chi connectivity index (χ1n) is 5.70. The number of carbonyl (C=O) groups is 2. The number of carbonyl (C=O) groups excluding carboxylic acids is 1. The molecule has 0 saturated carbocycles. The highest BCUT2D eigenvalue weighted by atomic mass is 16.5. The first-order valence-corrected chi connectivity index (χ1v) is 5.70. The monoisotopic (exact) mass is 279 g/mol. The summed E-state index contributed by atoms with van der Waals surface area (Å²) in [6.07, 6.45) is -1.44. The maximum Gasteiger partial charge on any atom is 0.411 e. The Labute approximate surface area is 114 Å². The highest BCUT2D eigenvalue weighted by Gasteiger charge is 2.48. The molecule has 106 valence electrons. The lowest BCUT2D eigenvalue weighted by molar-refractivity contribution is -0.131. The van der Waals surface area contributed by atoms with Crippen molar-refractivity contribution in [2.45, 2.75) is 12.5 Å². The van der Waals surface area contributed by atoms with Gasteiger partial charge in [0.1, 0.15) is 5.75 Å². The maximum absolute atomic E-state index is 12.1. The normalized spacial score (nSPS) is 21.6. The van der Waals surface area contributed by atoms with Crippen LogP contribution in [-0.4, -0.2) is 29.2 Å². The van der Waals surface area contributed by atoms with Crippen molar-refractivity contribution in [3.63, 3.8) is 0 Å². The van der Waals surface area contributed by atoms with E-state index in [2.05, 4.69) is 0 Å². The quantitative estimate of drug-likeness (QED) is 0.774. The minimum absolute atomic E-state index is 0.440. The van der Waals surface area contributed by atoms with Crippen LogP contribution in [0.25, 0.3) is 0 Å². The second-order valence-electron chi connectivity index (χ2n) is 4.30. The largest absolute Gasteiger partial charge is 0.501 e. The van der Waals surface area contributed by atoms with Crippen molar-refractivity contribution in [1.82, 2.24) is 5.32 Å². The number of hydrogen-bond donors (Lipinski definition) is 3. The van der Waals surface area contributed by atoms with Gasteiger partial charge in [0.25, 0.3) is 5.78 Å². The molecule has 1 aliphatic heterocycles. The van der Waals surface area contributed by atoms with Crippen LogP contribution in [0.2, 0.25) is 0 Å². The fourth-order valence-electron chi connectivity index (χ4n) is 1.92. The Balaban J connectivity index is 2.38. The van der Waals surface area contributed by atoms with E-state index in [4.69, 9.17) is 14.6 Å². The van der Waals surface area contributed by atoms with E-state index in [0.717, 1.165) is 0 Å². The predicted molar refractivity (Wildman–Crippen MR) is 67.3 cm³/mol. The molecule has 2 rings (SSSR count). The lowest BCUT2D eigenvalue weighted by Gasteiger charge is -2.23. The highest BCUT2D eigenvalue weighted by Crippen LogP contribution is 2.37. The molecule has 0 radical (unpaired) electrons. The van der Waals surface area contributed by atoms with Crippen LogP contribution in [0, 0.1) is 0 Å². The molecular formula is C13H13NO6. The fraction of sp³-hybridized carbons (Fsp3) is 0.231. The third-order valence-electron chi connectivity index (χ3n) is 3.01. The molecule has 20 heavy (non-hydrogen) atoms. The summed E-state index contributed by atoms with van der Waals surface area (Å²) in [4.78, 5) is 22.7. The van der Waals surface area contributed by atoms with Crippen molar-refractivity contribution < 1.29 is 29.3 Å². The smallest absolute Gasteiger partial charge is 0.411 e. The minimum atomic E-state index is -1.50. The molecule has 1 aromatic carbocycles. The summed E-state index contributed by atoms with van der Waals surface area (Å²) in [6.45, 7) is 1.44. The molecule has 1 aromatic rings. The molecule has 7 nitrogen and oxygen atoms in total. The minimum Gasteiger partial charge on any atom is -0.501 e. The molecule has 0 spiro atoms. The fourth-order valence-corrected chi connectivity index (χ4v) is 1.92. The van der Waals surface area contributed by atoms with Crippen molar-refractivity contribution in [3.05, 3.63) is 41.5 Å². The first-order chi connectivity index (χ1) is 9.38.